The zero-order valence-electron chi connectivity index (χ0n) is 34.2. The SMILES string of the molecule is CC.CC.COC(=O)c1ccc(CCNCCc2ccccc2OCc2ccc(-c3ccc(C(F)(F)F)cc3)cc2Cl)cc1.COC(=O)c1ccc2c(n1)CCCC2. The van der Waals surface area contributed by atoms with Crippen LogP contribution >= 0.6 is 11.6 Å². The van der Waals surface area contributed by atoms with Gasteiger partial charge in [0.2, 0.25) is 0 Å². The zero-order chi connectivity index (χ0) is 42.5. The predicted molar refractivity (Wildman–Crippen MR) is 226 cm³/mol. The quantitative estimate of drug-likeness (QED) is 0.0991. The van der Waals surface area contributed by atoms with Gasteiger partial charge >= 0.3 is 18.1 Å². The fraction of sp³-hybridized carbons (Fsp3) is 0.340. The van der Waals surface area contributed by atoms with E-state index in [2.05, 4.69) is 15.0 Å². The van der Waals surface area contributed by atoms with Crippen LogP contribution in [-0.4, -0.2) is 44.2 Å². The number of nitrogens with one attached hydrogen (secondary N) is 1. The lowest BCUT2D eigenvalue weighted by Gasteiger charge is -2.14. The maximum absolute atomic E-state index is 12.9. The summed E-state index contributed by atoms with van der Waals surface area (Å²) >= 11 is 6.50. The van der Waals surface area contributed by atoms with Gasteiger partial charge in [-0.2, -0.15) is 13.2 Å². The highest BCUT2D eigenvalue weighted by Crippen LogP contribution is 2.32. The van der Waals surface area contributed by atoms with Crippen LogP contribution in [0, 0.1) is 0 Å². The third-order valence-corrected chi connectivity index (χ3v) is 9.42. The van der Waals surface area contributed by atoms with E-state index >= 15 is 0 Å². The largest absolute Gasteiger partial charge is 0.489 e. The van der Waals surface area contributed by atoms with Crippen molar-refractivity contribution in [2.24, 2.45) is 0 Å². The minimum atomic E-state index is -4.37. The van der Waals surface area contributed by atoms with E-state index in [1.54, 1.807) is 24.3 Å². The van der Waals surface area contributed by atoms with Crippen LogP contribution < -0.4 is 10.1 Å². The molecule has 310 valence electrons. The van der Waals surface area contributed by atoms with Crippen molar-refractivity contribution in [3.05, 3.63) is 153 Å². The molecule has 0 unspecified atom stereocenters. The number of carbonyl (C=O) groups is 2. The van der Waals surface area contributed by atoms with Gasteiger partial charge < -0.3 is 19.5 Å². The van der Waals surface area contributed by atoms with E-state index in [1.807, 2.05) is 82.3 Å². The molecule has 5 aromatic rings. The second-order valence-electron chi connectivity index (χ2n) is 12.7. The van der Waals surface area contributed by atoms with Crippen LogP contribution in [0.3, 0.4) is 0 Å². The van der Waals surface area contributed by atoms with E-state index in [-0.39, 0.29) is 18.5 Å². The van der Waals surface area contributed by atoms with Crippen LogP contribution in [0.4, 0.5) is 13.2 Å². The minimum Gasteiger partial charge on any atom is -0.489 e. The summed E-state index contributed by atoms with van der Waals surface area (Å²) in [6.45, 7) is 9.82. The molecule has 58 heavy (non-hydrogen) atoms. The van der Waals surface area contributed by atoms with Crippen LogP contribution in [0.5, 0.6) is 5.75 Å². The Morgan fingerprint density at radius 2 is 1.36 bits per heavy atom. The van der Waals surface area contributed by atoms with Crippen molar-refractivity contribution in [2.45, 2.75) is 79.0 Å². The molecule has 0 aliphatic heterocycles. The van der Waals surface area contributed by atoms with Crippen LogP contribution in [0.2, 0.25) is 5.02 Å². The van der Waals surface area contributed by atoms with Gasteiger partial charge in [-0.3, -0.25) is 0 Å². The standard InChI is InChI=1S/C32H29ClF3NO3.C11H13NO2.2C2H6/c1-39-31(38)25-8-6-22(7-9-25)16-18-37-19-17-24-4-2-3-5-30(24)40-21-27-11-10-26(20-29(27)33)23-12-14-28(15-13-23)32(34,35)36;1-14-11(13)10-7-6-8-4-2-3-5-9(8)12-10;2*1-2/h2-15,20,37H,16-19,21H2,1H3;6-7H,2-5H2,1H3;2*1-2H3. The van der Waals surface area contributed by atoms with Crippen LogP contribution in [0.25, 0.3) is 11.1 Å². The van der Waals surface area contributed by atoms with Crippen molar-refractivity contribution < 1.29 is 37.0 Å². The molecule has 0 atom stereocenters. The number of methoxy groups -OCH3 is 2. The average molecular weight is 819 g/mol. The Bertz CT molecular complexity index is 2020. The van der Waals surface area contributed by atoms with E-state index in [4.69, 9.17) is 21.1 Å². The summed E-state index contributed by atoms with van der Waals surface area (Å²) in [5, 5.41) is 3.93. The Morgan fingerprint density at radius 1 is 0.724 bits per heavy atom. The second-order valence-corrected chi connectivity index (χ2v) is 13.1. The van der Waals surface area contributed by atoms with Crippen LogP contribution in [0.15, 0.2) is 103 Å². The molecule has 0 bridgehead atoms. The summed E-state index contributed by atoms with van der Waals surface area (Å²) in [7, 11) is 2.74. The number of pyridine rings is 1. The molecule has 0 fully saturated rings. The predicted octanol–water partition coefficient (Wildman–Crippen LogP) is 11.6. The number of ether oxygens (including phenoxy) is 3. The molecule has 0 amide bonds. The van der Waals surface area contributed by atoms with E-state index in [0.717, 1.165) is 84.6 Å². The number of aromatic nitrogens is 1. The number of rotatable bonds is 12. The van der Waals surface area contributed by atoms with Gasteiger partial charge in [0.15, 0.2) is 0 Å². The number of hydrogen-bond acceptors (Lipinski definition) is 7. The van der Waals surface area contributed by atoms with Crippen LogP contribution in [0.1, 0.15) is 94.9 Å². The topological polar surface area (TPSA) is 86.8 Å². The average Bonchev–Trinajstić information content (AvgIpc) is 3.27. The fourth-order valence-corrected chi connectivity index (χ4v) is 6.24. The monoisotopic (exact) mass is 818 g/mol. The normalized spacial score (nSPS) is 11.6. The highest BCUT2D eigenvalue weighted by Gasteiger charge is 2.30. The Balaban J connectivity index is 0.000000415. The molecule has 11 heteroatoms. The van der Waals surface area contributed by atoms with Crippen molar-refractivity contribution >= 4 is 23.5 Å². The van der Waals surface area contributed by atoms with Gasteiger partial charge in [0.05, 0.1) is 25.3 Å². The highest BCUT2D eigenvalue weighted by atomic mass is 35.5. The first kappa shape index (κ1) is 47.2. The third kappa shape index (κ3) is 14.3. The first-order valence-corrected chi connectivity index (χ1v) is 20.1. The number of alkyl halides is 3. The Kier molecular flexibility index (Phi) is 20.0. The number of hydrogen-bond donors (Lipinski definition) is 1. The van der Waals surface area contributed by atoms with Crippen molar-refractivity contribution in [3.8, 4) is 16.9 Å². The van der Waals surface area contributed by atoms with Gasteiger partial charge in [-0.15, -0.1) is 0 Å². The van der Waals surface area contributed by atoms with Gasteiger partial charge in [-0.05, 0) is 122 Å². The number of nitrogens with zero attached hydrogens (tertiary/aromatic N) is 1. The van der Waals surface area contributed by atoms with Gasteiger partial charge in [-0.25, -0.2) is 14.6 Å². The van der Waals surface area contributed by atoms with E-state index in [0.29, 0.717) is 21.8 Å². The summed E-state index contributed by atoms with van der Waals surface area (Å²) in [4.78, 5) is 27.1. The number of benzene rings is 4. The van der Waals surface area contributed by atoms with Crippen molar-refractivity contribution in [1.82, 2.24) is 10.3 Å². The molecule has 0 radical (unpaired) electrons. The molecule has 1 aromatic heterocycles. The summed E-state index contributed by atoms with van der Waals surface area (Å²) in [5.74, 6) is 0.0759. The Labute approximate surface area is 345 Å². The molecule has 1 heterocycles. The number of carbonyl (C=O) groups excluding carboxylic acids is 2. The summed E-state index contributed by atoms with van der Waals surface area (Å²) < 4.78 is 54.0. The highest BCUT2D eigenvalue weighted by molar-refractivity contribution is 6.31. The molecule has 6 rings (SSSR count). The maximum Gasteiger partial charge on any atom is 0.416 e. The van der Waals surface area contributed by atoms with E-state index in [9.17, 15) is 22.8 Å². The zero-order valence-corrected chi connectivity index (χ0v) is 34.9. The first-order valence-electron chi connectivity index (χ1n) is 19.7. The number of halogens is 4. The molecule has 0 saturated heterocycles. The van der Waals surface area contributed by atoms with Crippen molar-refractivity contribution in [1.29, 1.82) is 0 Å². The first-order chi connectivity index (χ1) is 28.0. The summed E-state index contributed by atoms with van der Waals surface area (Å²) in [6.07, 6.45) is 1.71. The molecular weight excluding hydrogens is 765 g/mol. The molecule has 4 aromatic carbocycles. The minimum absolute atomic E-state index is 0.262. The van der Waals surface area contributed by atoms with Gasteiger partial charge in [-0.1, -0.05) is 100.0 Å². The second kappa shape index (κ2) is 24.6. The molecule has 7 nitrogen and oxygen atoms in total. The lowest BCUT2D eigenvalue weighted by molar-refractivity contribution is -0.137. The smallest absolute Gasteiger partial charge is 0.416 e. The Morgan fingerprint density at radius 3 is 2.02 bits per heavy atom. The van der Waals surface area contributed by atoms with Gasteiger partial charge in [0.1, 0.15) is 18.1 Å². The molecule has 1 aliphatic carbocycles. The number of fused-ring (bicyclic) bond motifs is 1. The van der Waals surface area contributed by atoms with Gasteiger partial charge in [0, 0.05) is 16.3 Å². The molecule has 0 saturated carbocycles. The molecule has 1 N–H and O–H groups in total. The van der Waals surface area contributed by atoms with E-state index in [1.165, 1.54) is 44.8 Å². The van der Waals surface area contributed by atoms with Crippen molar-refractivity contribution in [2.75, 3.05) is 27.3 Å². The maximum atomic E-state index is 12.9. The van der Waals surface area contributed by atoms with E-state index < -0.39 is 11.7 Å². The Hall–Kier alpha value is -5.19. The van der Waals surface area contributed by atoms with Crippen LogP contribution in [-0.2, 0) is 47.9 Å². The number of aryl methyl sites for hydroxylation is 2. The van der Waals surface area contributed by atoms with Gasteiger partial charge in [0.25, 0.3) is 0 Å². The molecule has 0 spiro atoms. The molecule has 1 aliphatic rings. The summed E-state index contributed by atoms with van der Waals surface area (Å²) in [6, 6.07) is 29.4. The number of para-hydroxylation sites is 1. The fourth-order valence-electron chi connectivity index (χ4n) is 6.01. The lowest BCUT2D eigenvalue weighted by atomic mass is 9.96. The molecular formula is C47H54ClF3N2O5. The third-order valence-electron chi connectivity index (χ3n) is 9.06. The lowest BCUT2D eigenvalue weighted by Crippen LogP contribution is -2.20. The number of esters is 2. The van der Waals surface area contributed by atoms with Crippen molar-refractivity contribution in [3.63, 3.8) is 0 Å². The summed E-state index contributed by atoms with van der Waals surface area (Å²) in [5.41, 5.74) is 6.98.